The Balaban J connectivity index is 1.37. The fourth-order valence-electron chi connectivity index (χ4n) is 5.67. The second-order valence-electron chi connectivity index (χ2n) is 13.8. The third-order valence-corrected chi connectivity index (χ3v) is 13.6. The first kappa shape index (κ1) is 53.1. The molecule has 0 fully saturated rings. The van der Waals surface area contributed by atoms with Crippen LogP contribution in [0.15, 0.2) is 64.9 Å². The quantitative estimate of drug-likeness (QED) is 0.0299. The highest BCUT2D eigenvalue weighted by molar-refractivity contribution is 7.92. The summed E-state index contributed by atoms with van der Waals surface area (Å²) in [6.07, 6.45) is -1.18. The van der Waals surface area contributed by atoms with Crippen molar-refractivity contribution in [2.24, 2.45) is 0 Å². The van der Waals surface area contributed by atoms with E-state index in [1.165, 1.54) is 36.4 Å². The topological polar surface area (TPSA) is 298 Å². The average molecular weight is 1050 g/mol. The van der Waals surface area contributed by atoms with Gasteiger partial charge in [-0.25, -0.2) is 17.4 Å². The van der Waals surface area contributed by atoms with Crippen molar-refractivity contribution in [1.29, 1.82) is 5.26 Å². The SMILES string of the molecule is CC(=O)Oc1ccc(C(=O)NCCOc2c(OCCNC(=O)c3ccc(OC(C)=O)c(OC(C)=O)c3)c(Cl)c3sc(S(=O)(=O)NCP(=O)(O)Oc4ccc(C#N)c(F)c4)cc3c2Cl)cc1OC(C)=O. The number of amides is 2. The molecule has 0 saturated carbocycles. The average Bonchev–Trinajstić information content (AvgIpc) is 3.73. The van der Waals surface area contributed by atoms with E-state index < -0.39 is 75.4 Å². The third-order valence-electron chi connectivity index (χ3n) is 8.47. The molecule has 1 heterocycles. The van der Waals surface area contributed by atoms with Crippen LogP contribution in [0, 0.1) is 17.1 Å². The third kappa shape index (κ3) is 14.3. The van der Waals surface area contributed by atoms with E-state index in [2.05, 4.69) is 10.6 Å². The Bertz CT molecular complexity index is 2950. The number of nitriles is 1. The number of thiophene rings is 1. The molecule has 69 heavy (non-hydrogen) atoms. The maximum Gasteiger partial charge on any atom is 0.391 e. The minimum absolute atomic E-state index is 0.00754. The molecule has 1 aromatic heterocycles. The van der Waals surface area contributed by atoms with Crippen LogP contribution >= 0.6 is 42.1 Å². The Morgan fingerprint density at radius 3 is 1.67 bits per heavy atom. The molecule has 4 N–H and O–H groups in total. The second-order valence-corrected chi connectivity index (χ2v) is 19.4. The second kappa shape index (κ2) is 23.0. The molecule has 1 atom stereocenters. The number of carbonyl (C=O) groups is 6. The van der Waals surface area contributed by atoms with Gasteiger partial charge in [-0.05, 0) is 54.6 Å². The highest BCUT2D eigenvalue weighted by Crippen LogP contribution is 2.51. The van der Waals surface area contributed by atoms with Crippen molar-refractivity contribution >= 4 is 97.9 Å². The summed E-state index contributed by atoms with van der Waals surface area (Å²) >= 11 is 14.2. The van der Waals surface area contributed by atoms with Gasteiger partial charge in [-0.1, -0.05) is 23.2 Å². The van der Waals surface area contributed by atoms with Crippen molar-refractivity contribution in [3.63, 3.8) is 0 Å². The van der Waals surface area contributed by atoms with Crippen molar-refractivity contribution in [2.45, 2.75) is 31.9 Å². The van der Waals surface area contributed by atoms with Crippen LogP contribution in [0.2, 0.25) is 10.0 Å². The zero-order valence-corrected chi connectivity index (χ0v) is 40.2. The summed E-state index contributed by atoms with van der Waals surface area (Å²) in [5, 5.41) is 13.6. The molecule has 0 aliphatic heterocycles. The maximum absolute atomic E-state index is 14.1. The number of hydrogen-bond acceptors (Lipinski definition) is 18. The summed E-state index contributed by atoms with van der Waals surface area (Å²) in [5.74, 6) is -6.92. The molecule has 21 nitrogen and oxygen atoms in total. The molecule has 1 unspecified atom stereocenters. The van der Waals surface area contributed by atoms with Gasteiger partial charge in [-0.2, -0.15) is 9.98 Å². The van der Waals surface area contributed by atoms with Gasteiger partial charge in [0.1, 0.15) is 46.4 Å². The van der Waals surface area contributed by atoms with Crippen LogP contribution in [0.3, 0.4) is 0 Å². The number of esters is 4. The van der Waals surface area contributed by atoms with E-state index in [0.29, 0.717) is 17.4 Å². The minimum atomic E-state index is -4.82. The maximum atomic E-state index is 14.1. The molecule has 364 valence electrons. The van der Waals surface area contributed by atoms with E-state index in [0.717, 1.165) is 45.9 Å². The predicted molar refractivity (Wildman–Crippen MR) is 242 cm³/mol. The van der Waals surface area contributed by atoms with Crippen LogP contribution in [-0.4, -0.2) is 81.6 Å². The van der Waals surface area contributed by atoms with Crippen LogP contribution in [0.5, 0.6) is 40.2 Å². The molecule has 0 radical (unpaired) electrons. The lowest BCUT2D eigenvalue weighted by atomic mass is 10.2. The van der Waals surface area contributed by atoms with Crippen LogP contribution in [0.1, 0.15) is 54.0 Å². The van der Waals surface area contributed by atoms with Crippen LogP contribution in [0.4, 0.5) is 4.39 Å². The zero-order chi connectivity index (χ0) is 50.8. The van der Waals surface area contributed by atoms with Crippen LogP contribution < -0.4 is 48.3 Å². The monoisotopic (exact) mass is 1050 g/mol. The lowest BCUT2D eigenvalue weighted by Crippen LogP contribution is -2.29. The number of hydrogen-bond donors (Lipinski definition) is 4. The van der Waals surface area contributed by atoms with Gasteiger partial charge in [0.2, 0.25) is 0 Å². The summed E-state index contributed by atoms with van der Waals surface area (Å²) in [6.45, 7) is 3.38. The smallest absolute Gasteiger partial charge is 0.391 e. The number of carbonyl (C=O) groups excluding carboxylic acids is 6. The summed E-state index contributed by atoms with van der Waals surface area (Å²) in [6, 6.07) is 12.8. The number of benzene rings is 4. The number of halogens is 3. The number of nitrogens with zero attached hydrogens (tertiary/aromatic N) is 1. The number of ether oxygens (including phenoxy) is 6. The van der Waals surface area contributed by atoms with Crippen LogP contribution in [-0.2, 0) is 33.8 Å². The summed E-state index contributed by atoms with van der Waals surface area (Å²) in [7, 11) is -9.46. The van der Waals surface area contributed by atoms with Crippen molar-refractivity contribution < 1.29 is 84.0 Å². The van der Waals surface area contributed by atoms with E-state index in [1.807, 2.05) is 4.72 Å². The molecule has 0 aliphatic carbocycles. The molecule has 4 aromatic carbocycles. The van der Waals surface area contributed by atoms with Crippen molar-refractivity contribution in [3.05, 3.63) is 93.2 Å². The Kier molecular flexibility index (Phi) is 17.7. The van der Waals surface area contributed by atoms with E-state index in [4.69, 9.17) is 61.4 Å². The normalized spacial score (nSPS) is 11.9. The number of sulfonamides is 1. The van der Waals surface area contributed by atoms with Gasteiger partial charge < -0.3 is 48.5 Å². The first-order valence-electron chi connectivity index (χ1n) is 19.5. The van der Waals surface area contributed by atoms with Gasteiger partial charge in [0.05, 0.1) is 28.4 Å². The summed E-state index contributed by atoms with van der Waals surface area (Å²) in [5.41, 5.74) is -0.381. The standard InChI is InChI=1S/C42H36Cl2FN4O17PS2/c1-21(50)62-31-9-6-25(15-33(31)64-23(3)52)41(54)47-11-13-60-38-36(43)29-18-35(69(58,59)49-20-67(56,57)66-28-8-5-27(19-46)30(45)17-28)68-40(29)37(44)39(38)61-14-12-48-42(55)26-7-10-32(63-22(2)51)34(16-26)65-24(4)53/h5-10,15-18,49H,11-14,20H2,1-4H3,(H,47,54)(H,48,55)(H,56,57). The van der Waals surface area contributed by atoms with Gasteiger partial charge in [0.25, 0.3) is 21.8 Å². The molecule has 5 aromatic rings. The van der Waals surface area contributed by atoms with E-state index >= 15 is 0 Å². The number of rotatable bonds is 20. The zero-order valence-electron chi connectivity index (χ0n) is 36.1. The van der Waals surface area contributed by atoms with Crippen LogP contribution in [0.25, 0.3) is 10.1 Å². The van der Waals surface area contributed by atoms with Gasteiger partial charge in [-0.3, -0.25) is 28.8 Å². The van der Waals surface area contributed by atoms with Crippen molar-refractivity contribution in [1.82, 2.24) is 15.4 Å². The van der Waals surface area contributed by atoms with E-state index in [-0.39, 0.29) is 97.6 Å². The Labute approximate surface area is 404 Å². The molecule has 2 amide bonds. The fraction of sp³-hybridized carbons (Fsp3) is 0.214. The lowest BCUT2D eigenvalue weighted by molar-refractivity contribution is -0.134. The van der Waals surface area contributed by atoms with Crippen molar-refractivity contribution in [3.8, 4) is 46.3 Å². The molecule has 0 saturated heterocycles. The largest absolute Gasteiger partial charge is 0.486 e. The Morgan fingerprint density at radius 2 is 1.20 bits per heavy atom. The summed E-state index contributed by atoms with van der Waals surface area (Å²) in [4.78, 5) is 82.9. The highest BCUT2D eigenvalue weighted by Gasteiger charge is 2.30. The summed E-state index contributed by atoms with van der Waals surface area (Å²) < 4.78 is 92.4. The molecule has 0 spiro atoms. The molecular weight excluding hydrogens is 1020 g/mol. The molecule has 27 heteroatoms. The van der Waals surface area contributed by atoms with Gasteiger partial charge in [0.15, 0.2) is 34.5 Å². The van der Waals surface area contributed by atoms with Crippen molar-refractivity contribution in [2.75, 3.05) is 32.6 Å². The van der Waals surface area contributed by atoms with Gasteiger partial charge >= 0.3 is 31.5 Å². The van der Waals surface area contributed by atoms with E-state index in [1.54, 1.807) is 6.07 Å². The highest BCUT2D eigenvalue weighted by atomic mass is 35.5. The number of nitrogens with one attached hydrogen (secondary N) is 3. The minimum Gasteiger partial charge on any atom is -0.486 e. The van der Waals surface area contributed by atoms with Gasteiger partial charge in [-0.15, -0.1) is 11.3 Å². The molecular formula is C42H36Cl2FN4O17PS2. The predicted octanol–water partition coefficient (Wildman–Crippen LogP) is 6.04. The first-order chi connectivity index (χ1) is 32.5. The fourth-order valence-corrected chi connectivity index (χ4v) is 10.3. The molecule has 0 aliphatic rings. The Morgan fingerprint density at radius 1 is 0.725 bits per heavy atom. The lowest BCUT2D eigenvalue weighted by Gasteiger charge is -2.17. The van der Waals surface area contributed by atoms with Gasteiger partial charge in [0, 0.05) is 50.3 Å². The number of fused-ring (bicyclic) bond motifs is 1. The Hall–Kier alpha value is -6.84. The first-order valence-corrected chi connectivity index (χ1v) is 24.3. The molecule has 0 bridgehead atoms. The van der Waals surface area contributed by atoms with E-state index in [9.17, 15) is 51.0 Å². The molecule has 5 rings (SSSR count).